The predicted molar refractivity (Wildman–Crippen MR) is 70.4 cm³/mol. The first kappa shape index (κ1) is 14.9. The summed E-state index contributed by atoms with van der Waals surface area (Å²) in [5, 5.41) is 0. The molecule has 0 amide bonds. The van der Waals surface area contributed by atoms with Crippen LogP contribution in [0.25, 0.3) is 0 Å². The number of nitrogens with two attached hydrogens (primary N) is 1. The number of halogens is 1. The quantitative estimate of drug-likeness (QED) is 0.726. The van der Waals surface area contributed by atoms with Gasteiger partial charge in [-0.1, -0.05) is 6.92 Å². The molecular formula is C14H22FNO2. The molecule has 0 spiro atoms. The summed E-state index contributed by atoms with van der Waals surface area (Å²) in [6.45, 7) is 5.53. The normalized spacial score (nSPS) is 12.4. The van der Waals surface area contributed by atoms with E-state index in [9.17, 15) is 4.39 Å². The van der Waals surface area contributed by atoms with Gasteiger partial charge < -0.3 is 15.2 Å². The van der Waals surface area contributed by atoms with E-state index in [4.69, 9.17) is 15.2 Å². The van der Waals surface area contributed by atoms with Crippen LogP contribution in [0.3, 0.4) is 0 Å². The van der Waals surface area contributed by atoms with Crippen LogP contribution in [-0.2, 0) is 11.2 Å². The second kappa shape index (κ2) is 8.06. The van der Waals surface area contributed by atoms with Gasteiger partial charge in [-0.3, -0.25) is 0 Å². The van der Waals surface area contributed by atoms with Crippen molar-refractivity contribution in [3.05, 3.63) is 29.6 Å². The minimum absolute atomic E-state index is 0.0584. The summed E-state index contributed by atoms with van der Waals surface area (Å²) >= 11 is 0. The van der Waals surface area contributed by atoms with E-state index in [1.165, 1.54) is 12.1 Å². The lowest BCUT2D eigenvalue weighted by Crippen LogP contribution is -2.21. The third kappa shape index (κ3) is 5.47. The molecule has 0 aliphatic heterocycles. The van der Waals surface area contributed by atoms with E-state index in [1.54, 1.807) is 0 Å². The standard InChI is InChI=1S/C14H22FNO2/c1-3-13(16)8-11-7-12(15)10-14(9-11)18-6-5-17-4-2/h7,9-10,13H,3-6,8,16H2,1-2H3. The van der Waals surface area contributed by atoms with E-state index in [-0.39, 0.29) is 11.9 Å². The largest absolute Gasteiger partial charge is 0.491 e. The molecule has 1 rings (SSSR count). The Balaban J connectivity index is 2.57. The van der Waals surface area contributed by atoms with E-state index in [1.807, 2.05) is 19.9 Å². The van der Waals surface area contributed by atoms with Gasteiger partial charge in [-0.25, -0.2) is 4.39 Å². The number of benzene rings is 1. The molecule has 0 saturated heterocycles. The topological polar surface area (TPSA) is 44.5 Å². The number of hydrogen-bond acceptors (Lipinski definition) is 3. The van der Waals surface area contributed by atoms with Crippen LogP contribution in [0.1, 0.15) is 25.8 Å². The van der Waals surface area contributed by atoms with Crippen molar-refractivity contribution in [1.82, 2.24) is 0 Å². The van der Waals surface area contributed by atoms with Crippen LogP contribution < -0.4 is 10.5 Å². The SMILES string of the molecule is CCOCCOc1cc(F)cc(CC(N)CC)c1. The van der Waals surface area contributed by atoms with Crippen LogP contribution in [0.15, 0.2) is 18.2 Å². The minimum atomic E-state index is -0.290. The van der Waals surface area contributed by atoms with Crippen molar-refractivity contribution in [3.8, 4) is 5.75 Å². The number of ether oxygens (including phenoxy) is 2. The van der Waals surface area contributed by atoms with Crippen molar-refractivity contribution in [1.29, 1.82) is 0 Å². The zero-order valence-corrected chi connectivity index (χ0v) is 11.1. The predicted octanol–water partition coefficient (Wildman–Crippen LogP) is 2.52. The van der Waals surface area contributed by atoms with Gasteiger partial charge in [-0.15, -0.1) is 0 Å². The highest BCUT2D eigenvalue weighted by Crippen LogP contribution is 2.18. The summed E-state index contributed by atoms with van der Waals surface area (Å²) < 4.78 is 24.0. The molecule has 0 saturated carbocycles. The van der Waals surface area contributed by atoms with E-state index in [0.717, 1.165) is 12.0 Å². The molecule has 0 heterocycles. The Labute approximate surface area is 108 Å². The molecule has 2 N–H and O–H groups in total. The van der Waals surface area contributed by atoms with Gasteiger partial charge in [0.15, 0.2) is 0 Å². The second-order valence-electron chi connectivity index (χ2n) is 4.21. The number of rotatable bonds is 8. The average Bonchev–Trinajstić information content (AvgIpc) is 2.34. The lowest BCUT2D eigenvalue weighted by Gasteiger charge is -2.11. The summed E-state index contributed by atoms with van der Waals surface area (Å²) in [6.07, 6.45) is 1.53. The van der Waals surface area contributed by atoms with Crippen LogP contribution in [0.4, 0.5) is 4.39 Å². The number of hydrogen-bond donors (Lipinski definition) is 1. The molecule has 1 atom stereocenters. The summed E-state index contributed by atoms with van der Waals surface area (Å²) in [4.78, 5) is 0. The van der Waals surface area contributed by atoms with Gasteiger partial charge in [0.2, 0.25) is 0 Å². The van der Waals surface area contributed by atoms with Crippen molar-refractivity contribution in [3.63, 3.8) is 0 Å². The summed E-state index contributed by atoms with van der Waals surface area (Å²) in [5.74, 6) is 0.246. The van der Waals surface area contributed by atoms with Gasteiger partial charge in [-0.2, -0.15) is 0 Å². The van der Waals surface area contributed by atoms with Gasteiger partial charge in [0, 0.05) is 18.7 Å². The van der Waals surface area contributed by atoms with Gasteiger partial charge in [0.1, 0.15) is 18.2 Å². The monoisotopic (exact) mass is 255 g/mol. The van der Waals surface area contributed by atoms with Crippen LogP contribution >= 0.6 is 0 Å². The first-order chi connectivity index (χ1) is 8.65. The van der Waals surface area contributed by atoms with Crippen molar-refractivity contribution in [2.75, 3.05) is 19.8 Å². The van der Waals surface area contributed by atoms with Gasteiger partial charge >= 0.3 is 0 Å². The lowest BCUT2D eigenvalue weighted by molar-refractivity contribution is 0.110. The van der Waals surface area contributed by atoms with Crippen molar-refractivity contribution in [2.45, 2.75) is 32.7 Å². The molecule has 0 radical (unpaired) electrons. The Hall–Kier alpha value is -1.13. The van der Waals surface area contributed by atoms with Crippen molar-refractivity contribution in [2.24, 2.45) is 5.73 Å². The Bertz CT molecular complexity index is 358. The highest BCUT2D eigenvalue weighted by atomic mass is 19.1. The maximum Gasteiger partial charge on any atom is 0.127 e. The molecule has 0 fully saturated rings. The van der Waals surface area contributed by atoms with Crippen molar-refractivity contribution < 1.29 is 13.9 Å². The zero-order chi connectivity index (χ0) is 13.4. The van der Waals surface area contributed by atoms with Gasteiger partial charge in [0.25, 0.3) is 0 Å². The fourth-order valence-corrected chi connectivity index (χ4v) is 1.63. The highest BCUT2D eigenvalue weighted by Gasteiger charge is 2.06. The highest BCUT2D eigenvalue weighted by molar-refractivity contribution is 5.30. The van der Waals surface area contributed by atoms with Gasteiger partial charge in [-0.05, 0) is 37.5 Å². The average molecular weight is 255 g/mol. The second-order valence-corrected chi connectivity index (χ2v) is 4.21. The molecular weight excluding hydrogens is 233 g/mol. The molecule has 0 bridgehead atoms. The summed E-state index contributed by atoms with van der Waals surface area (Å²) in [7, 11) is 0. The first-order valence-electron chi connectivity index (χ1n) is 6.41. The van der Waals surface area contributed by atoms with E-state index in [0.29, 0.717) is 32.0 Å². The van der Waals surface area contributed by atoms with Crippen LogP contribution in [0.5, 0.6) is 5.75 Å². The van der Waals surface area contributed by atoms with E-state index >= 15 is 0 Å². The Morgan fingerprint density at radius 2 is 2.00 bits per heavy atom. The van der Waals surface area contributed by atoms with Crippen molar-refractivity contribution >= 4 is 0 Å². The third-order valence-electron chi connectivity index (χ3n) is 2.65. The maximum atomic E-state index is 13.4. The summed E-state index contributed by atoms with van der Waals surface area (Å²) in [5.41, 5.74) is 6.73. The molecule has 18 heavy (non-hydrogen) atoms. The van der Waals surface area contributed by atoms with Crippen LogP contribution in [0.2, 0.25) is 0 Å². The fraction of sp³-hybridized carbons (Fsp3) is 0.571. The van der Waals surface area contributed by atoms with E-state index in [2.05, 4.69) is 0 Å². The first-order valence-corrected chi connectivity index (χ1v) is 6.41. The van der Waals surface area contributed by atoms with E-state index < -0.39 is 0 Å². The molecule has 102 valence electrons. The maximum absolute atomic E-state index is 13.4. The zero-order valence-electron chi connectivity index (χ0n) is 11.1. The lowest BCUT2D eigenvalue weighted by atomic mass is 10.0. The molecule has 1 aromatic carbocycles. The Kier molecular flexibility index (Phi) is 6.68. The molecule has 0 aliphatic carbocycles. The molecule has 3 nitrogen and oxygen atoms in total. The molecule has 0 aromatic heterocycles. The van der Waals surface area contributed by atoms with Crippen LogP contribution in [-0.4, -0.2) is 25.9 Å². The summed E-state index contributed by atoms with van der Waals surface area (Å²) in [6, 6.07) is 4.78. The molecule has 1 aromatic rings. The molecule has 0 aliphatic rings. The third-order valence-corrected chi connectivity index (χ3v) is 2.65. The van der Waals surface area contributed by atoms with Gasteiger partial charge in [0.05, 0.1) is 6.61 Å². The fourth-order valence-electron chi connectivity index (χ4n) is 1.63. The minimum Gasteiger partial charge on any atom is -0.491 e. The Morgan fingerprint density at radius 3 is 2.67 bits per heavy atom. The Morgan fingerprint density at radius 1 is 1.22 bits per heavy atom. The smallest absolute Gasteiger partial charge is 0.127 e. The molecule has 4 heteroatoms. The van der Waals surface area contributed by atoms with Crippen LogP contribution in [0, 0.1) is 5.82 Å². The molecule has 1 unspecified atom stereocenters.